The number of nitrogens with zero attached hydrogens (tertiary/aromatic N) is 1. The molecule has 1 rings (SSSR count). The minimum Gasteiger partial charge on any atom is -0.341 e. The van der Waals surface area contributed by atoms with Crippen LogP contribution >= 0.6 is 12.4 Å². The van der Waals surface area contributed by atoms with E-state index in [1.807, 2.05) is 0 Å². The van der Waals surface area contributed by atoms with Crippen molar-refractivity contribution in [2.45, 2.75) is 31.7 Å². The van der Waals surface area contributed by atoms with Gasteiger partial charge in [0.25, 0.3) is 10.2 Å². The van der Waals surface area contributed by atoms with E-state index in [1.165, 1.54) is 0 Å². The largest absolute Gasteiger partial charge is 0.341 e. The maximum absolute atomic E-state index is 11.8. The zero-order valence-corrected chi connectivity index (χ0v) is 11.8. The van der Waals surface area contributed by atoms with Crippen molar-refractivity contribution in [1.29, 1.82) is 0 Å². The number of carbonyl (C=O) groups excluding carboxylic acids is 1. The molecule has 108 valence electrons. The average Bonchev–Trinajstić information content (AvgIpc) is 2.74. The fraction of sp³-hybridized carbons (Fsp3) is 0.889. The molecule has 0 saturated carbocycles. The first-order valence-corrected chi connectivity index (χ1v) is 7.26. The predicted octanol–water partition coefficient (Wildman–Crippen LogP) is -1.07. The van der Waals surface area contributed by atoms with Gasteiger partial charge in [-0.3, -0.25) is 4.79 Å². The molecule has 0 bridgehead atoms. The topological polar surface area (TPSA) is 119 Å². The standard InChI is InChI=1S/C9H20N4O3S.ClH/c10-8(4-3-5-12-17(11,15)16)9(14)13-6-1-2-7-13;/h8,12H,1-7,10H2,(H2,11,15,16);1H. The lowest BCUT2D eigenvalue weighted by atomic mass is 10.1. The van der Waals surface area contributed by atoms with E-state index in [9.17, 15) is 13.2 Å². The molecule has 0 aliphatic carbocycles. The lowest BCUT2D eigenvalue weighted by Gasteiger charge is -2.20. The molecule has 9 heteroatoms. The van der Waals surface area contributed by atoms with Crippen LogP contribution in [-0.2, 0) is 15.0 Å². The molecule has 5 N–H and O–H groups in total. The maximum atomic E-state index is 11.8. The molecule has 0 aromatic carbocycles. The first kappa shape index (κ1) is 17.6. The van der Waals surface area contributed by atoms with Gasteiger partial charge in [0.2, 0.25) is 5.91 Å². The Morgan fingerprint density at radius 1 is 1.33 bits per heavy atom. The van der Waals surface area contributed by atoms with Gasteiger partial charge in [0.1, 0.15) is 0 Å². The van der Waals surface area contributed by atoms with Gasteiger partial charge in [-0.1, -0.05) is 0 Å². The van der Waals surface area contributed by atoms with Crippen molar-refractivity contribution in [2.24, 2.45) is 10.9 Å². The van der Waals surface area contributed by atoms with Crippen molar-refractivity contribution in [3.63, 3.8) is 0 Å². The molecule has 1 fully saturated rings. The Labute approximate surface area is 114 Å². The zero-order chi connectivity index (χ0) is 12.9. The van der Waals surface area contributed by atoms with Crippen LogP contribution in [0.15, 0.2) is 0 Å². The van der Waals surface area contributed by atoms with Gasteiger partial charge in [0.15, 0.2) is 0 Å². The Balaban J connectivity index is 0.00000289. The van der Waals surface area contributed by atoms with E-state index in [2.05, 4.69) is 4.72 Å². The van der Waals surface area contributed by atoms with Gasteiger partial charge >= 0.3 is 0 Å². The van der Waals surface area contributed by atoms with Crippen molar-refractivity contribution in [3.8, 4) is 0 Å². The van der Waals surface area contributed by atoms with Gasteiger partial charge in [-0.15, -0.1) is 12.4 Å². The number of hydrogen-bond donors (Lipinski definition) is 3. The van der Waals surface area contributed by atoms with E-state index in [0.717, 1.165) is 25.9 Å². The van der Waals surface area contributed by atoms with Crippen molar-refractivity contribution in [1.82, 2.24) is 9.62 Å². The number of nitrogens with two attached hydrogens (primary N) is 2. The summed E-state index contributed by atoms with van der Waals surface area (Å²) in [4.78, 5) is 13.5. The molecule has 18 heavy (non-hydrogen) atoms. The third kappa shape index (κ3) is 6.50. The number of halogens is 1. The highest BCUT2D eigenvalue weighted by Crippen LogP contribution is 2.10. The van der Waals surface area contributed by atoms with E-state index in [1.54, 1.807) is 4.90 Å². The van der Waals surface area contributed by atoms with Crippen LogP contribution in [0.2, 0.25) is 0 Å². The second-order valence-electron chi connectivity index (χ2n) is 4.22. The third-order valence-electron chi connectivity index (χ3n) is 2.73. The highest BCUT2D eigenvalue weighted by Gasteiger charge is 2.23. The number of carbonyl (C=O) groups is 1. The summed E-state index contributed by atoms with van der Waals surface area (Å²) < 4.78 is 23.3. The molecular formula is C9H21ClN4O3S. The monoisotopic (exact) mass is 300 g/mol. The Hall–Kier alpha value is -0.410. The molecule has 0 aromatic rings. The van der Waals surface area contributed by atoms with Crippen molar-refractivity contribution in [3.05, 3.63) is 0 Å². The fourth-order valence-corrected chi connectivity index (χ4v) is 2.26. The molecule has 1 saturated heterocycles. The van der Waals surface area contributed by atoms with Crippen molar-refractivity contribution in [2.75, 3.05) is 19.6 Å². The lowest BCUT2D eigenvalue weighted by Crippen LogP contribution is -2.42. The minimum absolute atomic E-state index is 0. The predicted molar refractivity (Wildman–Crippen MR) is 71.4 cm³/mol. The number of amides is 1. The van der Waals surface area contributed by atoms with Gasteiger partial charge < -0.3 is 10.6 Å². The van der Waals surface area contributed by atoms with Gasteiger partial charge in [-0.2, -0.15) is 8.42 Å². The number of rotatable bonds is 6. The van der Waals surface area contributed by atoms with E-state index in [0.29, 0.717) is 12.8 Å². The van der Waals surface area contributed by atoms with Gasteiger partial charge in [0.05, 0.1) is 6.04 Å². The van der Waals surface area contributed by atoms with E-state index in [-0.39, 0.29) is 24.9 Å². The number of likely N-dealkylation sites (tertiary alicyclic amines) is 1. The summed E-state index contributed by atoms with van der Waals surface area (Å²) >= 11 is 0. The Morgan fingerprint density at radius 3 is 2.39 bits per heavy atom. The molecule has 1 aliphatic rings. The molecule has 1 amide bonds. The molecule has 0 spiro atoms. The van der Waals surface area contributed by atoms with Crippen LogP contribution in [-0.4, -0.2) is 44.9 Å². The zero-order valence-electron chi connectivity index (χ0n) is 10.2. The lowest BCUT2D eigenvalue weighted by molar-refractivity contribution is -0.131. The highest BCUT2D eigenvalue weighted by atomic mass is 35.5. The summed E-state index contributed by atoms with van der Waals surface area (Å²) in [7, 11) is -3.64. The first-order chi connectivity index (χ1) is 7.90. The molecule has 7 nitrogen and oxygen atoms in total. The molecule has 1 atom stereocenters. The second-order valence-corrected chi connectivity index (χ2v) is 5.60. The summed E-state index contributed by atoms with van der Waals surface area (Å²) in [5.74, 6) is -0.0434. The SMILES string of the molecule is Cl.NC(CCCNS(N)(=O)=O)C(=O)N1CCCC1. The van der Waals surface area contributed by atoms with Crippen LogP contribution in [0.1, 0.15) is 25.7 Å². The summed E-state index contributed by atoms with van der Waals surface area (Å²) in [6, 6.07) is -0.546. The van der Waals surface area contributed by atoms with Crippen LogP contribution in [0.4, 0.5) is 0 Å². The number of nitrogens with one attached hydrogen (secondary N) is 1. The summed E-state index contributed by atoms with van der Waals surface area (Å²) in [5, 5.41) is 4.77. The fourth-order valence-electron chi connectivity index (χ4n) is 1.83. The van der Waals surface area contributed by atoms with Gasteiger partial charge in [-0.05, 0) is 25.7 Å². The minimum atomic E-state index is -3.64. The second kappa shape index (κ2) is 7.90. The molecule has 1 aliphatic heterocycles. The molecule has 0 radical (unpaired) electrons. The smallest absolute Gasteiger partial charge is 0.274 e. The summed E-state index contributed by atoms with van der Waals surface area (Å²) in [6.07, 6.45) is 3.02. The number of hydrogen-bond acceptors (Lipinski definition) is 4. The maximum Gasteiger partial charge on any atom is 0.274 e. The third-order valence-corrected chi connectivity index (χ3v) is 3.34. The van der Waals surface area contributed by atoms with Gasteiger partial charge in [0, 0.05) is 19.6 Å². The molecule has 1 unspecified atom stereocenters. The quantitative estimate of drug-likeness (QED) is 0.541. The van der Waals surface area contributed by atoms with Crippen LogP contribution < -0.4 is 15.6 Å². The first-order valence-electron chi connectivity index (χ1n) is 5.72. The van der Waals surface area contributed by atoms with E-state index >= 15 is 0 Å². The van der Waals surface area contributed by atoms with Crippen molar-refractivity contribution < 1.29 is 13.2 Å². The van der Waals surface area contributed by atoms with Crippen LogP contribution in [0.5, 0.6) is 0 Å². The summed E-state index contributed by atoms with van der Waals surface area (Å²) in [5.41, 5.74) is 5.75. The molecule has 0 aromatic heterocycles. The van der Waals surface area contributed by atoms with E-state index < -0.39 is 16.3 Å². The molecule has 1 heterocycles. The highest BCUT2D eigenvalue weighted by molar-refractivity contribution is 7.87. The van der Waals surface area contributed by atoms with E-state index in [4.69, 9.17) is 10.9 Å². The Bertz CT molecular complexity index is 357. The van der Waals surface area contributed by atoms with Crippen LogP contribution in [0, 0.1) is 0 Å². The average molecular weight is 301 g/mol. The van der Waals surface area contributed by atoms with Gasteiger partial charge in [-0.25, -0.2) is 9.86 Å². The normalized spacial score (nSPS) is 17.3. The summed E-state index contributed by atoms with van der Waals surface area (Å²) in [6.45, 7) is 1.77. The Morgan fingerprint density at radius 2 is 1.89 bits per heavy atom. The molecular weight excluding hydrogens is 280 g/mol. The van der Waals surface area contributed by atoms with Crippen LogP contribution in [0.3, 0.4) is 0 Å². The Kier molecular flexibility index (Phi) is 7.72. The van der Waals surface area contributed by atoms with Crippen LogP contribution in [0.25, 0.3) is 0 Å². The van der Waals surface area contributed by atoms with Crippen molar-refractivity contribution >= 4 is 28.5 Å².